The first kappa shape index (κ1) is 16.4. The molecule has 0 spiro atoms. The van der Waals surface area contributed by atoms with Gasteiger partial charge in [-0.2, -0.15) is 8.78 Å². The number of benzene rings is 1. The van der Waals surface area contributed by atoms with Gasteiger partial charge >= 0.3 is 6.61 Å². The van der Waals surface area contributed by atoms with Crippen LogP contribution in [0.1, 0.15) is 22.2 Å². The largest absolute Gasteiger partial charge is 0.467 e. The first-order valence-electron chi connectivity index (χ1n) is 7.23. The minimum atomic E-state index is -3.13. The van der Waals surface area contributed by atoms with Gasteiger partial charge < -0.3 is 18.8 Å². The number of carbonyl (C=O) groups excluding carboxylic acids is 1. The summed E-state index contributed by atoms with van der Waals surface area (Å²) in [4.78, 5) is 14.0. The van der Waals surface area contributed by atoms with E-state index in [1.54, 1.807) is 12.1 Å². The van der Waals surface area contributed by atoms with E-state index in [0.717, 1.165) is 12.1 Å². The molecular formula is C16H14F3NO4. The molecule has 8 heteroatoms. The fourth-order valence-corrected chi connectivity index (χ4v) is 2.49. The number of morpholine rings is 1. The number of nitrogens with zero attached hydrogens (tertiary/aromatic N) is 1. The van der Waals surface area contributed by atoms with E-state index < -0.39 is 30.2 Å². The highest BCUT2D eigenvalue weighted by Gasteiger charge is 2.28. The molecule has 1 aromatic heterocycles. The standard InChI is InChI=1S/C16H14F3NO4/c17-11-8-10(3-4-12(11)24-16(18)19)15(21)20-5-7-23-14(9-20)13-2-1-6-22-13/h1-4,6,8,14,16H,5,7,9H2. The van der Waals surface area contributed by atoms with Gasteiger partial charge in [0.2, 0.25) is 0 Å². The predicted octanol–water partition coefficient (Wildman–Crippen LogP) is 3.23. The molecule has 1 aliphatic heterocycles. The van der Waals surface area contributed by atoms with Crippen molar-refractivity contribution in [1.82, 2.24) is 4.90 Å². The Morgan fingerprint density at radius 3 is 2.83 bits per heavy atom. The fraction of sp³-hybridized carbons (Fsp3) is 0.312. The third kappa shape index (κ3) is 3.53. The van der Waals surface area contributed by atoms with Crippen molar-refractivity contribution in [2.45, 2.75) is 12.7 Å². The quantitative estimate of drug-likeness (QED) is 0.857. The molecule has 2 heterocycles. The lowest BCUT2D eigenvalue weighted by molar-refractivity contribution is -0.0522. The van der Waals surface area contributed by atoms with Crippen molar-refractivity contribution in [2.75, 3.05) is 19.7 Å². The molecule has 0 radical (unpaired) electrons. The van der Waals surface area contributed by atoms with Crippen LogP contribution in [0.4, 0.5) is 13.2 Å². The number of alkyl halides is 2. The van der Waals surface area contributed by atoms with Crippen LogP contribution in [-0.2, 0) is 4.74 Å². The Labute approximate surface area is 135 Å². The van der Waals surface area contributed by atoms with Gasteiger partial charge in [-0.05, 0) is 30.3 Å². The molecule has 0 aliphatic carbocycles. The Bertz CT molecular complexity index is 705. The maximum atomic E-state index is 13.8. The summed E-state index contributed by atoms with van der Waals surface area (Å²) in [5.41, 5.74) is 0.0502. The van der Waals surface area contributed by atoms with Crippen molar-refractivity contribution in [3.63, 3.8) is 0 Å². The van der Waals surface area contributed by atoms with Gasteiger partial charge in [-0.25, -0.2) is 4.39 Å². The van der Waals surface area contributed by atoms with E-state index in [-0.39, 0.29) is 12.1 Å². The summed E-state index contributed by atoms with van der Waals surface area (Å²) < 4.78 is 52.9. The number of amides is 1. The van der Waals surface area contributed by atoms with Gasteiger partial charge in [0.05, 0.1) is 19.4 Å². The number of rotatable bonds is 4. The maximum absolute atomic E-state index is 13.8. The lowest BCUT2D eigenvalue weighted by atomic mass is 10.1. The minimum absolute atomic E-state index is 0.0502. The molecule has 24 heavy (non-hydrogen) atoms. The average molecular weight is 341 g/mol. The third-order valence-corrected chi connectivity index (χ3v) is 3.61. The zero-order valence-corrected chi connectivity index (χ0v) is 12.5. The number of carbonyl (C=O) groups is 1. The summed E-state index contributed by atoms with van der Waals surface area (Å²) in [6.45, 7) is -2.23. The smallest absolute Gasteiger partial charge is 0.387 e. The molecule has 0 saturated carbocycles. The van der Waals surface area contributed by atoms with Crippen LogP contribution in [0.2, 0.25) is 0 Å². The van der Waals surface area contributed by atoms with E-state index in [1.165, 1.54) is 17.2 Å². The summed E-state index contributed by atoms with van der Waals surface area (Å²) in [5.74, 6) is -1.44. The van der Waals surface area contributed by atoms with E-state index in [4.69, 9.17) is 9.15 Å². The van der Waals surface area contributed by atoms with Crippen molar-refractivity contribution in [3.05, 3.63) is 53.7 Å². The highest BCUT2D eigenvalue weighted by Crippen LogP contribution is 2.25. The molecule has 1 aliphatic rings. The molecule has 1 saturated heterocycles. The SMILES string of the molecule is O=C(c1ccc(OC(F)F)c(F)c1)N1CCOC(c2ccco2)C1. The molecule has 1 fully saturated rings. The van der Waals surface area contributed by atoms with E-state index in [1.807, 2.05) is 0 Å². The topological polar surface area (TPSA) is 51.9 Å². The normalized spacial score (nSPS) is 18.0. The molecule has 128 valence electrons. The van der Waals surface area contributed by atoms with Crippen molar-refractivity contribution < 1.29 is 31.9 Å². The van der Waals surface area contributed by atoms with Gasteiger partial charge in [-0.1, -0.05) is 0 Å². The third-order valence-electron chi connectivity index (χ3n) is 3.61. The van der Waals surface area contributed by atoms with Crippen molar-refractivity contribution in [1.29, 1.82) is 0 Å². The molecule has 2 aromatic rings. The Hall–Kier alpha value is -2.48. The summed E-state index contributed by atoms with van der Waals surface area (Å²) in [5, 5.41) is 0. The summed E-state index contributed by atoms with van der Waals surface area (Å²) >= 11 is 0. The summed E-state index contributed by atoms with van der Waals surface area (Å²) in [6, 6.07) is 6.61. The fourth-order valence-electron chi connectivity index (χ4n) is 2.49. The van der Waals surface area contributed by atoms with Gasteiger partial charge in [-0.3, -0.25) is 4.79 Å². The van der Waals surface area contributed by atoms with Crippen LogP contribution < -0.4 is 4.74 Å². The van der Waals surface area contributed by atoms with Crippen molar-refractivity contribution in [2.24, 2.45) is 0 Å². The highest BCUT2D eigenvalue weighted by atomic mass is 19.3. The second-order valence-electron chi connectivity index (χ2n) is 5.15. The van der Waals surface area contributed by atoms with E-state index in [0.29, 0.717) is 18.9 Å². The van der Waals surface area contributed by atoms with Gasteiger partial charge in [0.15, 0.2) is 11.6 Å². The zero-order valence-electron chi connectivity index (χ0n) is 12.5. The van der Waals surface area contributed by atoms with Crippen LogP contribution >= 0.6 is 0 Å². The second kappa shape index (κ2) is 6.96. The number of hydrogen-bond donors (Lipinski definition) is 0. The predicted molar refractivity (Wildman–Crippen MR) is 76.3 cm³/mol. The summed E-state index contributed by atoms with van der Waals surface area (Å²) in [7, 11) is 0. The van der Waals surface area contributed by atoms with Crippen LogP contribution in [-0.4, -0.2) is 37.1 Å². The van der Waals surface area contributed by atoms with Crippen LogP contribution in [0.15, 0.2) is 41.0 Å². The Morgan fingerprint density at radius 2 is 2.17 bits per heavy atom. The average Bonchev–Trinajstić information content (AvgIpc) is 3.10. The number of ether oxygens (including phenoxy) is 2. The van der Waals surface area contributed by atoms with Gasteiger partial charge in [-0.15, -0.1) is 0 Å². The molecule has 0 N–H and O–H groups in total. The van der Waals surface area contributed by atoms with Crippen LogP contribution in [0, 0.1) is 5.82 Å². The molecule has 1 unspecified atom stereocenters. The second-order valence-corrected chi connectivity index (χ2v) is 5.15. The van der Waals surface area contributed by atoms with E-state index >= 15 is 0 Å². The lowest BCUT2D eigenvalue weighted by Crippen LogP contribution is -2.42. The molecule has 3 rings (SSSR count). The van der Waals surface area contributed by atoms with Gasteiger partial charge in [0.1, 0.15) is 11.9 Å². The van der Waals surface area contributed by atoms with E-state index in [2.05, 4.69) is 4.74 Å². The van der Waals surface area contributed by atoms with Crippen molar-refractivity contribution >= 4 is 5.91 Å². The Balaban J connectivity index is 1.72. The first-order valence-corrected chi connectivity index (χ1v) is 7.23. The molecule has 1 atom stereocenters. The number of halogens is 3. The molecule has 1 amide bonds. The molecule has 5 nitrogen and oxygen atoms in total. The van der Waals surface area contributed by atoms with Crippen LogP contribution in [0.25, 0.3) is 0 Å². The maximum Gasteiger partial charge on any atom is 0.387 e. The minimum Gasteiger partial charge on any atom is -0.467 e. The van der Waals surface area contributed by atoms with Crippen LogP contribution in [0.5, 0.6) is 5.75 Å². The van der Waals surface area contributed by atoms with E-state index in [9.17, 15) is 18.0 Å². The Kier molecular flexibility index (Phi) is 4.75. The Morgan fingerprint density at radius 1 is 1.33 bits per heavy atom. The lowest BCUT2D eigenvalue weighted by Gasteiger charge is -2.32. The number of hydrogen-bond acceptors (Lipinski definition) is 4. The molecular weight excluding hydrogens is 327 g/mol. The van der Waals surface area contributed by atoms with Gasteiger partial charge in [0.25, 0.3) is 5.91 Å². The van der Waals surface area contributed by atoms with Gasteiger partial charge in [0, 0.05) is 12.1 Å². The molecule has 1 aromatic carbocycles. The van der Waals surface area contributed by atoms with Crippen molar-refractivity contribution in [3.8, 4) is 5.75 Å². The van der Waals surface area contributed by atoms with Crippen LogP contribution in [0.3, 0.4) is 0 Å². The summed E-state index contributed by atoms with van der Waals surface area (Å²) in [6.07, 6.45) is 1.11. The highest BCUT2D eigenvalue weighted by molar-refractivity contribution is 5.94. The monoisotopic (exact) mass is 341 g/mol. The first-order chi connectivity index (χ1) is 11.5. The zero-order chi connectivity index (χ0) is 17.1. The number of furan rings is 1. The molecule has 0 bridgehead atoms.